The average molecular weight is 410 g/mol. The minimum atomic E-state index is -0.141. The summed E-state index contributed by atoms with van der Waals surface area (Å²) in [6, 6.07) is 5.86. The van der Waals surface area contributed by atoms with Crippen LogP contribution in [0.15, 0.2) is 27.1 Å². The van der Waals surface area contributed by atoms with Crippen LogP contribution in [0.2, 0.25) is 0 Å². The molecule has 5 nitrogen and oxygen atoms in total. The lowest BCUT2D eigenvalue weighted by atomic mass is 10.1. The van der Waals surface area contributed by atoms with Crippen LogP contribution in [0.1, 0.15) is 41.3 Å². The third kappa shape index (κ3) is 4.78. The molecule has 0 spiro atoms. The lowest BCUT2D eigenvalue weighted by molar-refractivity contribution is 0.0952. The van der Waals surface area contributed by atoms with Crippen molar-refractivity contribution in [1.29, 1.82) is 0 Å². The van der Waals surface area contributed by atoms with Gasteiger partial charge in [-0.1, -0.05) is 6.07 Å². The Hall–Kier alpha value is -1.95. The van der Waals surface area contributed by atoms with E-state index in [0.717, 1.165) is 17.1 Å². The molecule has 1 aromatic carbocycles. The van der Waals surface area contributed by atoms with Crippen LogP contribution in [0.4, 0.5) is 0 Å². The Bertz CT molecular complexity index is 739. The molecule has 2 aromatic rings. The number of rotatable bonds is 8. The van der Waals surface area contributed by atoms with Gasteiger partial charge in [0.1, 0.15) is 11.5 Å². The van der Waals surface area contributed by atoms with Crippen molar-refractivity contribution in [2.75, 3.05) is 19.8 Å². The first kappa shape index (κ1) is 19.4. The molecule has 0 aliphatic rings. The monoisotopic (exact) mass is 409 g/mol. The maximum atomic E-state index is 12.4. The van der Waals surface area contributed by atoms with Gasteiger partial charge in [-0.25, -0.2) is 0 Å². The van der Waals surface area contributed by atoms with Crippen LogP contribution in [0.3, 0.4) is 0 Å². The molecule has 0 unspecified atom stereocenters. The fraction of sp³-hybridized carbons (Fsp3) is 0.421. The van der Waals surface area contributed by atoms with Crippen LogP contribution in [0.25, 0.3) is 0 Å². The largest absolute Gasteiger partial charge is 0.490 e. The molecule has 0 aliphatic carbocycles. The molecule has 6 heteroatoms. The van der Waals surface area contributed by atoms with Gasteiger partial charge in [0.2, 0.25) is 0 Å². The van der Waals surface area contributed by atoms with Gasteiger partial charge in [-0.3, -0.25) is 4.79 Å². The summed E-state index contributed by atoms with van der Waals surface area (Å²) in [7, 11) is 0. The second-order valence-corrected chi connectivity index (χ2v) is 6.35. The molecule has 0 aliphatic heterocycles. The van der Waals surface area contributed by atoms with Crippen molar-refractivity contribution >= 4 is 21.8 Å². The normalized spacial score (nSPS) is 10.6. The van der Waals surface area contributed by atoms with Crippen LogP contribution < -0.4 is 14.8 Å². The molecule has 25 heavy (non-hydrogen) atoms. The Labute approximate surface area is 156 Å². The SMILES string of the molecule is CCOc1ccc(CCNC(=O)c2c(C)oc(C)c2Br)cc1OCC. The van der Waals surface area contributed by atoms with Crippen molar-refractivity contribution in [3.8, 4) is 11.5 Å². The van der Waals surface area contributed by atoms with Crippen molar-refractivity contribution in [2.24, 2.45) is 0 Å². The van der Waals surface area contributed by atoms with Gasteiger partial charge in [0.05, 0.1) is 23.2 Å². The van der Waals surface area contributed by atoms with E-state index in [2.05, 4.69) is 21.2 Å². The average Bonchev–Trinajstić information content (AvgIpc) is 2.82. The zero-order valence-electron chi connectivity index (χ0n) is 15.1. The molecular formula is C19H24BrNO4. The first-order chi connectivity index (χ1) is 12.0. The summed E-state index contributed by atoms with van der Waals surface area (Å²) in [6.45, 7) is 9.18. The predicted molar refractivity (Wildman–Crippen MR) is 101 cm³/mol. The first-order valence-corrected chi connectivity index (χ1v) is 9.19. The zero-order chi connectivity index (χ0) is 18.4. The van der Waals surface area contributed by atoms with Gasteiger partial charge in [0, 0.05) is 6.54 Å². The number of hydrogen-bond donors (Lipinski definition) is 1. The third-order valence-electron chi connectivity index (χ3n) is 3.72. The molecular weight excluding hydrogens is 386 g/mol. The lowest BCUT2D eigenvalue weighted by Crippen LogP contribution is -2.26. The number of carbonyl (C=O) groups excluding carboxylic acids is 1. The summed E-state index contributed by atoms with van der Waals surface area (Å²) in [5.41, 5.74) is 1.63. The zero-order valence-corrected chi connectivity index (χ0v) is 16.7. The van der Waals surface area contributed by atoms with Crippen molar-refractivity contribution in [3.05, 3.63) is 45.3 Å². The standard InChI is InChI=1S/C19H24BrNO4/c1-5-23-15-8-7-14(11-16(15)24-6-2)9-10-21-19(22)17-12(3)25-13(4)18(17)20/h7-8,11H,5-6,9-10H2,1-4H3,(H,21,22). The second kappa shape index (κ2) is 8.94. The summed E-state index contributed by atoms with van der Waals surface area (Å²) in [4.78, 5) is 12.4. The summed E-state index contributed by atoms with van der Waals surface area (Å²) in [6.07, 6.45) is 0.700. The highest BCUT2D eigenvalue weighted by Gasteiger charge is 2.19. The van der Waals surface area contributed by atoms with Gasteiger partial charge in [-0.2, -0.15) is 0 Å². The first-order valence-electron chi connectivity index (χ1n) is 8.40. The maximum Gasteiger partial charge on any atom is 0.256 e. The van der Waals surface area contributed by atoms with E-state index in [9.17, 15) is 4.79 Å². The molecule has 2 rings (SSSR count). The molecule has 0 fully saturated rings. The highest BCUT2D eigenvalue weighted by atomic mass is 79.9. The van der Waals surface area contributed by atoms with Gasteiger partial charge < -0.3 is 19.2 Å². The fourth-order valence-electron chi connectivity index (χ4n) is 2.58. The number of hydrogen-bond acceptors (Lipinski definition) is 4. The van der Waals surface area contributed by atoms with Crippen molar-refractivity contribution in [2.45, 2.75) is 34.1 Å². The molecule has 0 saturated carbocycles. The minimum absolute atomic E-state index is 0.141. The van der Waals surface area contributed by atoms with E-state index in [1.807, 2.05) is 39.0 Å². The predicted octanol–water partition coefficient (Wildman–Crippen LogP) is 4.43. The van der Waals surface area contributed by atoms with Gasteiger partial charge in [0.25, 0.3) is 5.91 Å². The van der Waals surface area contributed by atoms with Crippen molar-refractivity contribution in [3.63, 3.8) is 0 Å². The van der Waals surface area contributed by atoms with E-state index in [4.69, 9.17) is 13.9 Å². The Balaban J connectivity index is 1.99. The van der Waals surface area contributed by atoms with E-state index in [1.54, 1.807) is 6.92 Å². The van der Waals surface area contributed by atoms with E-state index in [1.165, 1.54) is 0 Å². The van der Waals surface area contributed by atoms with E-state index in [0.29, 0.717) is 47.7 Å². The summed E-state index contributed by atoms with van der Waals surface area (Å²) in [5, 5.41) is 2.93. The fourth-order valence-corrected chi connectivity index (χ4v) is 3.12. The number of furan rings is 1. The van der Waals surface area contributed by atoms with Crippen LogP contribution in [-0.4, -0.2) is 25.7 Å². The Kier molecular flexibility index (Phi) is 6.93. The van der Waals surface area contributed by atoms with E-state index >= 15 is 0 Å². The third-order valence-corrected chi connectivity index (χ3v) is 4.68. The van der Waals surface area contributed by atoms with Crippen molar-refractivity contribution in [1.82, 2.24) is 5.32 Å². The van der Waals surface area contributed by atoms with Crippen molar-refractivity contribution < 1.29 is 18.7 Å². The van der Waals surface area contributed by atoms with Crippen LogP contribution >= 0.6 is 15.9 Å². The number of nitrogens with one attached hydrogen (secondary N) is 1. The molecule has 0 radical (unpaired) electrons. The molecule has 0 atom stereocenters. The number of carbonyl (C=O) groups is 1. The van der Waals surface area contributed by atoms with Crippen LogP contribution in [0, 0.1) is 13.8 Å². The Morgan fingerprint density at radius 1 is 1.12 bits per heavy atom. The molecule has 136 valence electrons. The highest BCUT2D eigenvalue weighted by molar-refractivity contribution is 9.10. The van der Waals surface area contributed by atoms with E-state index in [-0.39, 0.29) is 5.91 Å². The summed E-state index contributed by atoms with van der Waals surface area (Å²) < 4.78 is 17.4. The van der Waals surface area contributed by atoms with E-state index < -0.39 is 0 Å². The number of ether oxygens (including phenoxy) is 2. The Morgan fingerprint density at radius 2 is 1.80 bits per heavy atom. The molecule has 0 bridgehead atoms. The van der Waals surface area contributed by atoms with Gasteiger partial charge in [0.15, 0.2) is 11.5 Å². The van der Waals surface area contributed by atoms with Gasteiger partial charge in [-0.05, 0) is 67.7 Å². The van der Waals surface area contributed by atoms with Gasteiger partial charge in [-0.15, -0.1) is 0 Å². The second-order valence-electron chi connectivity index (χ2n) is 5.56. The number of benzene rings is 1. The topological polar surface area (TPSA) is 60.7 Å². The highest BCUT2D eigenvalue weighted by Crippen LogP contribution is 2.29. The minimum Gasteiger partial charge on any atom is -0.490 e. The quantitative estimate of drug-likeness (QED) is 0.700. The number of aryl methyl sites for hydroxylation is 2. The molecule has 1 amide bonds. The van der Waals surface area contributed by atoms with Crippen LogP contribution in [0.5, 0.6) is 11.5 Å². The molecule has 1 N–H and O–H groups in total. The summed E-state index contributed by atoms with van der Waals surface area (Å²) >= 11 is 3.40. The summed E-state index contributed by atoms with van der Waals surface area (Å²) in [5.74, 6) is 2.65. The van der Waals surface area contributed by atoms with Gasteiger partial charge >= 0.3 is 0 Å². The maximum absolute atomic E-state index is 12.4. The Morgan fingerprint density at radius 3 is 2.40 bits per heavy atom. The number of amides is 1. The molecule has 0 saturated heterocycles. The smallest absolute Gasteiger partial charge is 0.256 e. The van der Waals surface area contributed by atoms with Crippen LogP contribution in [-0.2, 0) is 6.42 Å². The number of halogens is 1. The lowest BCUT2D eigenvalue weighted by Gasteiger charge is -2.12. The molecule has 1 heterocycles. The molecule has 1 aromatic heterocycles.